The van der Waals surface area contributed by atoms with Crippen molar-refractivity contribution in [1.82, 2.24) is 15.2 Å². The number of aryl methyl sites for hydroxylation is 1. The van der Waals surface area contributed by atoms with E-state index in [4.69, 9.17) is 27.9 Å². The number of benzene rings is 2. The zero-order valence-corrected chi connectivity index (χ0v) is 16.1. The lowest BCUT2D eigenvalue weighted by Crippen LogP contribution is -2.18. The van der Waals surface area contributed by atoms with Gasteiger partial charge in [-0.2, -0.15) is 10.2 Å². The molecule has 0 unspecified atom stereocenters. The maximum atomic E-state index is 12.3. The van der Waals surface area contributed by atoms with Crippen LogP contribution in [-0.2, 0) is 0 Å². The van der Waals surface area contributed by atoms with Crippen LogP contribution in [0.5, 0.6) is 5.75 Å². The van der Waals surface area contributed by atoms with Crippen molar-refractivity contribution in [1.29, 1.82) is 0 Å². The quantitative estimate of drug-likeness (QED) is 0.511. The van der Waals surface area contributed by atoms with Crippen LogP contribution in [0.25, 0.3) is 5.69 Å². The predicted molar refractivity (Wildman–Crippen MR) is 106 cm³/mol. The number of nitrogens with one attached hydrogen (secondary N) is 1. The average molecular weight is 403 g/mol. The number of nitrogens with zero attached hydrogens (tertiary/aromatic N) is 3. The van der Waals surface area contributed by atoms with E-state index < -0.39 is 0 Å². The topological polar surface area (TPSA) is 68.5 Å². The van der Waals surface area contributed by atoms with Gasteiger partial charge in [0.15, 0.2) is 0 Å². The third-order valence-electron chi connectivity index (χ3n) is 3.83. The maximum Gasteiger partial charge on any atom is 0.275 e. The van der Waals surface area contributed by atoms with Crippen LogP contribution in [0.4, 0.5) is 0 Å². The van der Waals surface area contributed by atoms with Crippen LogP contribution < -0.4 is 10.2 Å². The van der Waals surface area contributed by atoms with Crippen molar-refractivity contribution in [2.24, 2.45) is 5.10 Å². The van der Waals surface area contributed by atoms with Gasteiger partial charge in [-0.3, -0.25) is 4.79 Å². The fourth-order valence-corrected chi connectivity index (χ4v) is 2.91. The molecule has 8 heteroatoms. The summed E-state index contributed by atoms with van der Waals surface area (Å²) in [5.74, 6) is 0.0811. The molecule has 6 nitrogen and oxygen atoms in total. The van der Waals surface area contributed by atoms with Crippen molar-refractivity contribution < 1.29 is 9.53 Å². The van der Waals surface area contributed by atoms with Crippen LogP contribution in [0.1, 0.15) is 21.6 Å². The monoisotopic (exact) mass is 402 g/mol. The molecule has 0 aliphatic heterocycles. The Kier molecular flexibility index (Phi) is 5.78. The highest BCUT2D eigenvalue weighted by molar-refractivity contribution is 6.32. The number of para-hydroxylation sites is 1. The number of hydrogen-bond donors (Lipinski definition) is 1. The van der Waals surface area contributed by atoms with E-state index in [1.807, 2.05) is 19.1 Å². The highest BCUT2D eigenvalue weighted by Crippen LogP contribution is 2.23. The van der Waals surface area contributed by atoms with Gasteiger partial charge in [0, 0.05) is 5.02 Å². The molecule has 3 aromatic rings. The van der Waals surface area contributed by atoms with E-state index in [2.05, 4.69) is 15.6 Å². The molecule has 0 radical (unpaired) electrons. The SMILES string of the molecule is COc1ccccc1C(=O)N/N=C/c1c(C)nn(-c2ccc(Cl)cc2)c1Cl. The smallest absolute Gasteiger partial charge is 0.275 e. The molecular formula is C19H16Cl2N4O2. The molecule has 0 saturated heterocycles. The van der Waals surface area contributed by atoms with Gasteiger partial charge in [-0.05, 0) is 43.3 Å². The molecule has 0 atom stereocenters. The van der Waals surface area contributed by atoms with Crippen molar-refractivity contribution in [3.05, 3.63) is 75.5 Å². The molecule has 27 heavy (non-hydrogen) atoms. The molecule has 0 saturated carbocycles. The van der Waals surface area contributed by atoms with Gasteiger partial charge in [0.25, 0.3) is 5.91 Å². The number of hydrogen-bond acceptors (Lipinski definition) is 4. The third kappa shape index (κ3) is 4.13. The Hall–Kier alpha value is -2.83. The summed E-state index contributed by atoms with van der Waals surface area (Å²) in [4.78, 5) is 12.3. The lowest BCUT2D eigenvalue weighted by molar-refractivity contribution is 0.0952. The Balaban J connectivity index is 1.79. The number of methoxy groups -OCH3 is 1. The maximum absolute atomic E-state index is 12.3. The molecule has 0 fully saturated rings. The number of carbonyl (C=O) groups is 1. The summed E-state index contributed by atoms with van der Waals surface area (Å²) in [6.07, 6.45) is 1.46. The van der Waals surface area contributed by atoms with Crippen LogP contribution >= 0.6 is 23.2 Å². The molecule has 0 spiro atoms. The number of aromatic nitrogens is 2. The van der Waals surface area contributed by atoms with Crippen molar-refractivity contribution in [2.75, 3.05) is 7.11 Å². The first-order valence-corrected chi connectivity index (χ1v) is 8.74. The van der Waals surface area contributed by atoms with Crippen molar-refractivity contribution >= 4 is 35.3 Å². The van der Waals surface area contributed by atoms with Crippen molar-refractivity contribution in [3.8, 4) is 11.4 Å². The number of rotatable bonds is 5. The van der Waals surface area contributed by atoms with Crippen LogP contribution in [0, 0.1) is 6.92 Å². The molecule has 138 valence electrons. The summed E-state index contributed by atoms with van der Waals surface area (Å²) in [6.45, 7) is 1.81. The molecule has 0 aliphatic carbocycles. The zero-order chi connectivity index (χ0) is 19.4. The van der Waals surface area contributed by atoms with E-state index in [0.717, 1.165) is 5.69 Å². The molecular weight excluding hydrogens is 387 g/mol. The summed E-state index contributed by atoms with van der Waals surface area (Å²) >= 11 is 12.3. The number of ether oxygens (including phenoxy) is 1. The standard InChI is InChI=1S/C19H16Cl2N4O2/c1-12-16(18(21)25(24-12)14-9-7-13(20)8-10-14)11-22-23-19(26)15-5-3-4-6-17(15)27-2/h3-11H,1-2H3,(H,23,26)/b22-11+. The van der Waals surface area contributed by atoms with Gasteiger partial charge < -0.3 is 4.74 Å². The Bertz CT molecular complexity index is 997. The lowest BCUT2D eigenvalue weighted by Gasteiger charge is -2.06. The molecule has 0 aliphatic rings. The first-order chi connectivity index (χ1) is 13.0. The number of halogens is 2. The molecule has 0 bridgehead atoms. The zero-order valence-electron chi connectivity index (χ0n) is 14.6. The van der Waals surface area contributed by atoms with Crippen molar-refractivity contribution in [3.63, 3.8) is 0 Å². The van der Waals surface area contributed by atoms with E-state index >= 15 is 0 Å². The summed E-state index contributed by atoms with van der Waals surface area (Å²) < 4.78 is 6.75. The summed E-state index contributed by atoms with van der Waals surface area (Å²) in [5.41, 5.74) is 4.90. The highest BCUT2D eigenvalue weighted by atomic mass is 35.5. The molecule has 1 aromatic heterocycles. The third-order valence-corrected chi connectivity index (χ3v) is 4.45. The minimum atomic E-state index is -0.387. The van der Waals surface area contributed by atoms with Crippen molar-refractivity contribution in [2.45, 2.75) is 6.92 Å². The first kappa shape index (κ1) is 18.9. The van der Waals surface area contributed by atoms with Gasteiger partial charge in [0.05, 0.1) is 35.8 Å². The summed E-state index contributed by atoms with van der Waals surface area (Å²) in [5, 5.41) is 9.41. The van der Waals surface area contributed by atoms with E-state index in [9.17, 15) is 4.79 Å². The van der Waals surface area contributed by atoms with Crippen LogP contribution in [0.15, 0.2) is 53.6 Å². The fourth-order valence-electron chi connectivity index (χ4n) is 2.46. The number of amides is 1. The van der Waals surface area contributed by atoms with E-state index in [0.29, 0.717) is 32.7 Å². The highest BCUT2D eigenvalue weighted by Gasteiger charge is 2.14. The minimum Gasteiger partial charge on any atom is -0.496 e. The molecule has 1 N–H and O–H groups in total. The van der Waals surface area contributed by atoms with Crippen LogP contribution in [0.2, 0.25) is 10.2 Å². The van der Waals surface area contributed by atoms with E-state index in [1.165, 1.54) is 13.3 Å². The van der Waals surface area contributed by atoms with Gasteiger partial charge in [-0.15, -0.1) is 0 Å². The number of carbonyl (C=O) groups excluding carboxylic acids is 1. The Labute approximate surface area is 166 Å². The summed E-state index contributed by atoms with van der Waals surface area (Å²) in [6, 6.07) is 14.0. The second-order valence-electron chi connectivity index (χ2n) is 5.58. The lowest BCUT2D eigenvalue weighted by atomic mass is 10.2. The molecule has 3 rings (SSSR count). The first-order valence-electron chi connectivity index (χ1n) is 7.98. The molecule has 1 heterocycles. The number of hydrazone groups is 1. The second kappa shape index (κ2) is 8.24. The summed E-state index contributed by atoms with van der Waals surface area (Å²) in [7, 11) is 1.50. The van der Waals surface area contributed by atoms with Gasteiger partial charge >= 0.3 is 0 Å². The van der Waals surface area contributed by atoms with E-state index in [1.54, 1.807) is 41.1 Å². The predicted octanol–water partition coefficient (Wildman–Crippen LogP) is 4.26. The Morgan fingerprint density at radius 3 is 2.59 bits per heavy atom. The van der Waals surface area contributed by atoms with Gasteiger partial charge in [0.2, 0.25) is 0 Å². The van der Waals surface area contributed by atoms with Gasteiger partial charge in [-0.1, -0.05) is 35.3 Å². The average Bonchev–Trinajstić information content (AvgIpc) is 2.96. The normalized spacial score (nSPS) is 11.0. The van der Waals surface area contributed by atoms with Crippen LogP contribution in [0.3, 0.4) is 0 Å². The second-order valence-corrected chi connectivity index (χ2v) is 6.37. The fraction of sp³-hybridized carbons (Fsp3) is 0.105. The Morgan fingerprint density at radius 1 is 1.19 bits per heavy atom. The van der Waals surface area contributed by atoms with Gasteiger partial charge in [0.1, 0.15) is 10.9 Å². The van der Waals surface area contributed by atoms with E-state index in [-0.39, 0.29) is 5.91 Å². The largest absolute Gasteiger partial charge is 0.496 e. The van der Waals surface area contributed by atoms with Crippen LogP contribution in [-0.4, -0.2) is 29.0 Å². The molecule has 1 amide bonds. The minimum absolute atomic E-state index is 0.380. The Morgan fingerprint density at radius 2 is 1.89 bits per heavy atom. The molecule has 2 aromatic carbocycles. The van der Waals surface area contributed by atoms with Gasteiger partial charge in [-0.25, -0.2) is 10.1 Å².